The summed E-state index contributed by atoms with van der Waals surface area (Å²) in [6.45, 7) is 0. The summed E-state index contributed by atoms with van der Waals surface area (Å²) in [5, 5.41) is 12.1. The predicted octanol–water partition coefficient (Wildman–Crippen LogP) is 3.85. The molecule has 1 nitrogen and oxygen atoms in total. The smallest absolute Gasteiger partial charge is 0.134 e. The number of halogens is 2. The van der Waals surface area contributed by atoms with Crippen molar-refractivity contribution < 1.29 is 5.11 Å². The van der Waals surface area contributed by atoms with E-state index in [-0.39, 0.29) is 5.75 Å². The molecule has 2 aromatic rings. The van der Waals surface area contributed by atoms with Crippen molar-refractivity contribution in [1.82, 2.24) is 0 Å². The highest BCUT2D eigenvalue weighted by Crippen LogP contribution is 2.32. The highest BCUT2D eigenvalue weighted by atomic mass is 35.5. The molecule has 0 aromatic heterocycles. The molecule has 0 bridgehead atoms. The SMILES string of the molecule is Oc1ccc2cc(Cl)ccc2c1Cl. The van der Waals surface area contributed by atoms with Crippen LogP contribution >= 0.6 is 23.2 Å². The zero-order chi connectivity index (χ0) is 9.42. The van der Waals surface area contributed by atoms with Gasteiger partial charge in [-0.05, 0) is 23.6 Å². The number of aromatic hydroxyl groups is 1. The van der Waals surface area contributed by atoms with Crippen molar-refractivity contribution in [3.05, 3.63) is 40.4 Å². The third kappa shape index (κ3) is 1.45. The van der Waals surface area contributed by atoms with Crippen molar-refractivity contribution in [2.24, 2.45) is 0 Å². The maximum Gasteiger partial charge on any atom is 0.134 e. The molecule has 3 heteroatoms. The molecular weight excluding hydrogens is 207 g/mol. The molecule has 2 rings (SSSR count). The minimum atomic E-state index is 0.0940. The molecular formula is C10H6Cl2O. The Bertz CT molecular complexity index is 466. The highest BCUT2D eigenvalue weighted by Gasteiger charge is 2.03. The molecule has 0 fully saturated rings. The molecule has 0 aliphatic rings. The summed E-state index contributed by atoms with van der Waals surface area (Å²) in [5.74, 6) is 0.0940. The first-order valence-corrected chi connectivity index (χ1v) is 4.51. The Hall–Kier alpha value is -0.920. The first-order chi connectivity index (χ1) is 6.18. The van der Waals surface area contributed by atoms with Crippen LogP contribution in [0.25, 0.3) is 10.8 Å². The average molecular weight is 213 g/mol. The summed E-state index contributed by atoms with van der Waals surface area (Å²) in [6.07, 6.45) is 0. The van der Waals surface area contributed by atoms with Crippen LogP contribution in [-0.2, 0) is 0 Å². The van der Waals surface area contributed by atoms with Crippen LogP contribution in [-0.4, -0.2) is 5.11 Å². The maximum absolute atomic E-state index is 9.32. The van der Waals surface area contributed by atoms with Gasteiger partial charge in [0, 0.05) is 10.4 Å². The Morgan fingerprint density at radius 2 is 1.77 bits per heavy atom. The van der Waals surface area contributed by atoms with E-state index in [0.717, 1.165) is 10.8 Å². The van der Waals surface area contributed by atoms with Crippen LogP contribution < -0.4 is 0 Å². The largest absolute Gasteiger partial charge is 0.506 e. The second-order valence-corrected chi connectivity index (χ2v) is 3.58. The summed E-state index contributed by atoms with van der Waals surface area (Å²) < 4.78 is 0. The Kier molecular flexibility index (Phi) is 2.06. The number of phenolic OH excluding ortho intramolecular Hbond substituents is 1. The lowest BCUT2D eigenvalue weighted by Gasteiger charge is -2.02. The quantitative estimate of drug-likeness (QED) is 0.704. The molecule has 0 atom stereocenters. The number of rotatable bonds is 0. The number of hydrogen-bond donors (Lipinski definition) is 1. The van der Waals surface area contributed by atoms with Crippen LogP contribution in [0.4, 0.5) is 0 Å². The lowest BCUT2D eigenvalue weighted by molar-refractivity contribution is 0.476. The van der Waals surface area contributed by atoms with Crippen LogP contribution in [0.3, 0.4) is 0 Å². The van der Waals surface area contributed by atoms with Gasteiger partial charge >= 0.3 is 0 Å². The van der Waals surface area contributed by atoms with Gasteiger partial charge in [-0.2, -0.15) is 0 Å². The number of phenols is 1. The zero-order valence-electron chi connectivity index (χ0n) is 6.59. The second-order valence-electron chi connectivity index (χ2n) is 2.76. The standard InChI is InChI=1S/C10H6Cl2O/c11-7-2-3-8-6(5-7)1-4-9(13)10(8)12/h1-5,13H. The molecule has 13 heavy (non-hydrogen) atoms. The van der Waals surface area contributed by atoms with Crippen LogP contribution in [0.5, 0.6) is 5.75 Å². The molecule has 0 spiro atoms. The van der Waals surface area contributed by atoms with Gasteiger partial charge in [0.2, 0.25) is 0 Å². The Morgan fingerprint density at radius 3 is 2.54 bits per heavy atom. The number of benzene rings is 2. The predicted molar refractivity (Wildman–Crippen MR) is 55.6 cm³/mol. The molecule has 0 aliphatic heterocycles. The van der Waals surface area contributed by atoms with Gasteiger partial charge in [-0.1, -0.05) is 35.3 Å². The van der Waals surface area contributed by atoms with Crippen molar-refractivity contribution in [2.45, 2.75) is 0 Å². The van der Waals surface area contributed by atoms with E-state index in [1.54, 1.807) is 24.3 Å². The van der Waals surface area contributed by atoms with E-state index in [0.29, 0.717) is 10.0 Å². The molecule has 0 radical (unpaired) electrons. The van der Waals surface area contributed by atoms with E-state index in [4.69, 9.17) is 23.2 Å². The van der Waals surface area contributed by atoms with Crippen LogP contribution in [0.1, 0.15) is 0 Å². The van der Waals surface area contributed by atoms with Gasteiger partial charge in [0.05, 0.1) is 5.02 Å². The lowest BCUT2D eigenvalue weighted by Crippen LogP contribution is -1.75. The first-order valence-electron chi connectivity index (χ1n) is 3.75. The Balaban J connectivity index is 2.87. The molecule has 66 valence electrons. The van der Waals surface area contributed by atoms with Crippen molar-refractivity contribution in [2.75, 3.05) is 0 Å². The molecule has 0 unspecified atom stereocenters. The Morgan fingerprint density at radius 1 is 1.00 bits per heavy atom. The summed E-state index contributed by atoms with van der Waals surface area (Å²) in [6, 6.07) is 8.68. The van der Waals surface area contributed by atoms with E-state index in [2.05, 4.69) is 0 Å². The van der Waals surface area contributed by atoms with Gasteiger partial charge in [-0.25, -0.2) is 0 Å². The van der Waals surface area contributed by atoms with Gasteiger partial charge in [0.1, 0.15) is 5.75 Å². The van der Waals surface area contributed by atoms with E-state index in [1.807, 2.05) is 6.07 Å². The Labute approximate surface area is 85.5 Å². The monoisotopic (exact) mass is 212 g/mol. The topological polar surface area (TPSA) is 20.2 Å². The average Bonchev–Trinajstić information content (AvgIpc) is 2.12. The second kappa shape index (κ2) is 3.09. The summed E-state index contributed by atoms with van der Waals surface area (Å²) >= 11 is 11.7. The van der Waals surface area contributed by atoms with Crippen LogP contribution in [0, 0.1) is 0 Å². The summed E-state index contributed by atoms with van der Waals surface area (Å²) in [7, 11) is 0. The minimum Gasteiger partial charge on any atom is -0.506 e. The molecule has 1 N–H and O–H groups in total. The fourth-order valence-corrected chi connectivity index (χ4v) is 1.67. The molecule has 0 saturated carbocycles. The molecule has 0 aliphatic carbocycles. The van der Waals surface area contributed by atoms with Gasteiger partial charge in [-0.3, -0.25) is 0 Å². The fraction of sp³-hybridized carbons (Fsp3) is 0. The molecule has 2 aromatic carbocycles. The summed E-state index contributed by atoms with van der Waals surface area (Å²) in [5.41, 5.74) is 0. The zero-order valence-corrected chi connectivity index (χ0v) is 8.10. The molecule has 0 amide bonds. The van der Waals surface area contributed by atoms with E-state index < -0.39 is 0 Å². The van der Waals surface area contributed by atoms with Gasteiger partial charge in [-0.15, -0.1) is 0 Å². The van der Waals surface area contributed by atoms with Gasteiger partial charge < -0.3 is 5.11 Å². The highest BCUT2D eigenvalue weighted by molar-refractivity contribution is 6.37. The van der Waals surface area contributed by atoms with E-state index in [9.17, 15) is 5.11 Å². The van der Waals surface area contributed by atoms with E-state index in [1.165, 1.54) is 0 Å². The minimum absolute atomic E-state index is 0.0940. The fourth-order valence-electron chi connectivity index (χ4n) is 1.25. The van der Waals surface area contributed by atoms with Gasteiger partial charge in [0.25, 0.3) is 0 Å². The number of hydrogen-bond acceptors (Lipinski definition) is 1. The molecule has 0 saturated heterocycles. The maximum atomic E-state index is 9.32. The summed E-state index contributed by atoms with van der Waals surface area (Å²) in [4.78, 5) is 0. The first kappa shape index (κ1) is 8.67. The number of fused-ring (bicyclic) bond motifs is 1. The normalized spacial score (nSPS) is 10.6. The van der Waals surface area contributed by atoms with Gasteiger partial charge in [0.15, 0.2) is 0 Å². The van der Waals surface area contributed by atoms with Crippen LogP contribution in [0.2, 0.25) is 10.0 Å². The van der Waals surface area contributed by atoms with Crippen LogP contribution in [0.15, 0.2) is 30.3 Å². The van der Waals surface area contributed by atoms with Crippen molar-refractivity contribution in [3.63, 3.8) is 0 Å². The lowest BCUT2D eigenvalue weighted by atomic mass is 10.1. The van der Waals surface area contributed by atoms with Crippen molar-refractivity contribution in [3.8, 4) is 5.75 Å². The van der Waals surface area contributed by atoms with Crippen molar-refractivity contribution in [1.29, 1.82) is 0 Å². The molecule has 0 heterocycles. The van der Waals surface area contributed by atoms with E-state index >= 15 is 0 Å². The third-order valence-electron chi connectivity index (χ3n) is 1.90. The third-order valence-corrected chi connectivity index (χ3v) is 2.53. The van der Waals surface area contributed by atoms with Crippen molar-refractivity contribution >= 4 is 34.0 Å².